The molecule has 22 nitrogen and oxygen atoms in total. The molecule has 2 aromatic carbocycles. The first kappa shape index (κ1) is 51.9. The summed E-state index contributed by atoms with van der Waals surface area (Å²) in [5.74, 6) is -3.77. The van der Waals surface area contributed by atoms with Crippen LogP contribution in [0.15, 0.2) is 30.4 Å². The lowest BCUT2D eigenvalue weighted by molar-refractivity contribution is -0.255. The van der Waals surface area contributed by atoms with Gasteiger partial charge in [0.25, 0.3) is 11.8 Å². The van der Waals surface area contributed by atoms with Crippen molar-refractivity contribution in [3.05, 3.63) is 63.7 Å². The summed E-state index contributed by atoms with van der Waals surface area (Å²) in [6, 6.07) is 4.38. The third kappa shape index (κ3) is 11.0. The van der Waals surface area contributed by atoms with Crippen molar-refractivity contribution < 1.29 is 86.3 Å². The van der Waals surface area contributed by atoms with E-state index in [1.165, 1.54) is 31.4 Å². The molecular weight excluding hydrogens is 933 g/mol. The molecule has 4 aliphatic heterocycles. The molecule has 0 spiro atoms. The third-order valence-corrected chi connectivity index (χ3v) is 13.6. The summed E-state index contributed by atoms with van der Waals surface area (Å²) in [4.78, 5) is 81.5. The van der Waals surface area contributed by atoms with Gasteiger partial charge in [-0.1, -0.05) is 19.1 Å². The number of nitrogens with zero attached hydrogens (tertiary/aromatic N) is 2. The van der Waals surface area contributed by atoms with E-state index in [1.807, 2.05) is 6.92 Å². The molecule has 22 heteroatoms. The fourth-order valence-corrected chi connectivity index (χ4v) is 10.1. The lowest BCUT2D eigenvalue weighted by atomic mass is 9.68. The zero-order valence-electron chi connectivity index (χ0n) is 40.3. The summed E-state index contributed by atoms with van der Waals surface area (Å²) >= 11 is 0. The average Bonchev–Trinajstić information content (AvgIpc) is 3.90. The predicted octanol–water partition coefficient (Wildman–Crippen LogP) is 1.04. The Morgan fingerprint density at radius 3 is 2.18 bits per heavy atom. The summed E-state index contributed by atoms with van der Waals surface area (Å²) < 4.78 is 58.1. The molecule has 0 bridgehead atoms. The first-order chi connectivity index (χ1) is 34.3. The number of fused-ring (bicyclic) bond motifs is 6. The van der Waals surface area contributed by atoms with Gasteiger partial charge >= 0.3 is 0 Å². The fraction of sp³-hybridized carbons (Fsp3) is 0.592. The molecule has 8 atom stereocenters. The molecule has 0 radical (unpaired) electrons. The van der Waals surface area contributed by atoms with E-state index < -0.39 is 65.4 Å². The number of hydrogen-bond donors (Lipinski definition) is 4. The first-order valence-corrected chi connectivity index (χ1v) is 23.9. The standard InChI is InChI=1S/C49H62N4O18/c1-27-45-30(52-14-17-68-47(63-4)46(52)71-45)24-36(69-27)70-32-26-49(2,25-29-38(32)44(60)40-39(42(29)58)41(57)28-6-5-7-31(62-3)37(28)43(40)59)48(61)51-12-11-50-33(54)10-15-64-18-20-66-22-23-67-21-19-65-16-13-53-34(55)8-9-35(53)56/h5-9,27,30,32,36,45-47,58,60H,10-26H2,1-4H3,(H,50,54)(H,51,61)/t27-,30-,32-,36-,45+,46+,47-,49+/m0/s1. The van der Waals surface area contributed by atoms with Crippen LogP contribution in [0, 0.1) is 5.41 Å². The smallest absolute Gasteiger partial charge is 0.253 e. The van der Waals surface area contributed by atoms with Crippen LogP contribution < -0.4 is 15.4 Å². The molecule has 8 rings (SSSR count). The minimum atomic E-state index is -1.29. The highest BCUT2D eigenvalue weighted by Gasteiger charge is 2.55. The maximum atomic E-state index is 14.2. The third-order valence-electron chi connectivity index (χ3n) is 13.6. The number of amides is 4. The van der Waals surface area contributed by atoms with Gasteiger partial charge in [0.05, 0.1) is 107 Å². The molecule has 386 valence electrons. The van der Waals surface area contributed by atoms with Crippen LogP contribution in [0.4, 0.5) is 0 Å². The van der Waals surface area contributed by atoms with Crippen molar-refractivity contribution in [2.45, 2.75) is 82.7 Å². The fourth-order valence-electron chi connectivity index (χ4n) is 10.1. The van der Waals surface area contributed by atoms with Crippen molar-refractivity contribution in [1.29, 1.82) is 0 Å². The number of carbonyl (C=O) groups excluding carboxylic acids is 6. The summed E-state index contributed by atoms with van der Waals surface area (Å²) in [7, 11) is 2.92. The predicted molar refractivity (Wildman–Crippen MR) is 245 cm³/mol. The number of ether oxygens (including phenoxy) is 10. The quantitative estimate of drug-likeness (QED) is 0.0587. The second kappa shape index (κ2) is 23.0. The van der Waals surface area contributed by atoms with Gasteiger partial charge in [-0.05, 0) is 25.8 Å². The molecule has 3 saturated heterocycles. The molecule has 3 fully saturated rings. The van der Waals surface area contributed by atoms with Crippen molar-refractivity contribution in [1.82, 2.24) is 20.4 Å². The van der Waals surface area contributed by atoms with Crippen molar-refractivity contribution >= 4 is 35.2 Å². The van der Waals surface area contributed by atoms with Crippen LogP contribution in [-0.4, -0.2) is 192 Å². The molecule has 71 heavy (non-hydrogen) atoms. The number of rotatable bonds is 23. The zero-order chi connectivity index (χ0) is 50.4. The first-order valence-electron chi connectivity index (χ1n) is 23.9. The number of ketones is 2. The highest BCUT2D eigenvalue weighted by atomic mass is 16.7. The number of hydrogen-bond acceptors (Lipinski definition) is 19. The normalized spacial score (nSPS) is 26.7. The van der Waals surface area contributed by atoms with Crippen molar-refractivity contribution in [3.63, 3.8) is 0 Å². The van der Waals surface area contributed by atoms with Crippen LogP contribution in [0.5, 0.6) is 17.2 Å². The highest BCUT2D eigenvalue weighted by Crippen LogP contribution is 2.54. The summed E-state index contributed by atoms with van der Waals surface area (Å²) in [6.07, 6.45) is -1.16. The van der Waals surface area contributed by atoms with Crippen LogP contribution >= 0.6 is 0 Å². The molecule has 0 aromatic heterocycles. The van der Waals surface area contributed by atoms with E-state index in [4.69, 9.17) is 47.4 Å². The number of phenolic OH excluding ortho intramolecular Hbond substituents is 2. The van der Waals surface area contributed by atoms with E-state index in [0.29, 0.717) is 52.6 Å². The lowest BCUT2D eigenvalue weighted by Gasteiger charge is -2.44. The number of benzene rings is 2. The number of morpholine rings is 1. The monoisotopic (exact) mass is 994 g/mol. The average molecular weight is 995 g/mol. The molecule has 0 unspecified atom stereocenters. The van der Waals surface area contributed by atoms with Gasteiger partial charge in [-0.25, -0.2) is 0 Å². The molecule has 4 heterocycles. The van der Waals surface area contributed by atoms with Gasteiger partial charge in [-0.15, -0.1) is 0 Å². The van der Waals surface area contributed by atoms with E-state index in [0.717, 1.165) is 4.90 Å². The minimum Gasteiger partial charge on any atom is -0.507 e. The Hall–Kier alpha value is -5.40. The molecule has 6 aliphatic rings. The Morgan fingerprint density at radius 2 is 1.49 bits per heavy atom. The molecule has 2 aliphatic carbocycles. The molecular formula is C49H62N4O18. The number of aromatic hydroxyl groups is 2. The van der Waals surface area contributed by atoms with E-state index >= 15 is 0 Å². The summed E-state index contributed by atoms with van der Waals surface area (Å²) in [5.41, 5.74) is -1.93. The minimum absolute atomic E-state index is 0.000801. The number of nitrogens with one attached hydrogen (secondary N) is 2. The van der Waals surface area contributed by atoms with E-state index in [2.05, 4.69) is 15.5 Å². The van der Waals surface area contributed by atoms with E-state index in [9.17, 15) is 39.0 Å². The van der Waals surface area contributed by atoms with Crippen molar-refractivity contribution in [2.24, 2.45) is 5.41 Å². The van der Waals surface area contributed by atoms with Gasteiger partial charge in [0.2, 0.25) is 17.6 Å². The van der Waals surface area contributed by atoms with Crippen LogP contribution in [-0.2, 0) is 68.2 Å². The number of methoxy groups -OCH3 is 2. The van der Waals surface area contributed by atoms with Gasteiger partial charge in [-0.3, -0.25) is 38.6 Å². The Balaban J connectivity index is 0.836. The Bertz CT molecular complexity index is 2360. The van der Waals surface area contributed by atoms with Crippen molar-refractivity contribution in [2.75, 3.05) is 99.9 Å². The van der Waals surface area contributed by atoms with Crippen LogP contribution in [0.2, 0.25) is 0 Å². The summed E-state index contributed by atoms with van der Waals surface area (Å²) in [6.45, 7) is 7.09. The molecule has 4 amide bonds. The largest absolute Gasteiger partial charge is 0.507 e. The lowest BCUT2D eigenvalue weighted by Crippen LogP contribution is -2.55. The maximum absolute atomic E-state index is 14.2. The number of carbonyl (C=O) groups is 6. The van der Waals surface area contributed by atoms with Gasteiger partial charge < -0.3 is 68.2 Å². The van der Waals surface area contributed by atoms with E-state index in [1.54, 1.807) is 20.1 Å². The van der Waals surface area contributed by atoms with Crippen molar-refractivity contribution in [3.8, 4) is 17.2 Å². The SMILES string of the molecule is COc1cccc2c1C(=O)c1c(O)c3c(c(O)c1C2=O)C[C@@](C)(C(=O)NCCNC(=O)CCOCCOCCOCCOCCN1C(=O)C=CC1=O)C[C@@H]3O[C@H]1C[C@H]2[C@H](O[C@@H]3[C@@H](OC)OCCN32)[C@H](C)O1. The van der Waals surface area contributed by atoms with Gasteiger partial charge in [0, 0.05) is 74.5 Å². The highest BCUT2D eigenvalue weighted by molar-refractivity contribution is 6.31. The number of imide groups is 1. The Morgan fingerprint density at radius 1 is 0.831 bits per heavy atom. The van der Waals surface area contributed by atoms with Gasteiger partial charge in [0.1, 0.15) is 23.4 Å². The topological polar surface area (TPSA) is 266 Å². The van der Waals surface area contributed by atoms with Crippen LogP contribution in [0.3, 0.4) is 0 Å². The summed E-state index contributed by atoms with van der Waals surface area (Å²) in [5, 5.41) is 29.9. The maximum Gasteiger partial charge on any atom is 0.253 e. The molecule has 0 saturated carbocycles. The number of phenols is 2. The second-order valence-electron chi connectivity index (χ2n) is 18.2. The van der Waals surface area contributed by atoms with Gasteiger partial charge in [0.15, 0.2) is 24.6 Å². The molecule has 2 aromatic rings. The second-order valence-corrected chi connectivity index (χ2v) is 18.2. The van der Waals surface area contributed by atoms with Crippen LogP contribution in [0.25, 0.3) is 0 Å². The van der Waals surface area contributed by atoms with Gasteiger partial charge in [-0.2, -0.15) is 0 Å². The van der Waals surface area contributed by atoms with Crippen LogP contribution in [0.1, 0.15) is 82.2 Å². The molecule has 4 N–H and O–H groups in total. The Labute approximate surface area is 410 Å². The zero-order valence-corrected chi connectivity index (χ0v) is 40.3. The Kier molecular flexibility index (Phi) is 16.8. The van der Waals surface area contributed by atoms with E-state index in [-0.39, 0.29) is 128 Å².